The van der Waals surface area contributed by atoms with Gasteiger partial charge >= 0.3 is 0 Å². The Hall–Kier alpha value is -1.30. The van der Waals surface area contributed by atoms with Gasteiger partial charge in [-0.1, -0.05) is 31.4 Å². The van der Waals surface area contributed by atoms with Gasteiger partial charge in [-0.2, -0.15) is 0 Å². The lowest BCUT2D eigenvalue weighted by molar-refractivity contribution is -0.241. The maximum atomic E-state index is 6.43. The van der Waals surface area contributed by atoms with Crippen LogP contribution in [-0.4, -0.2) is 69.1 Å². The summed E-state index contributed by atoms with van der Waals surface area (Å²) in [6, 6.07) is 8.30. The number of hydrogen-bond donors (Lipinski definition) is 0. The number of piperazine rings is 1. The number of methoxy groups -OCH3 is 1. The number of ether oxygens (including phenoxy) is 3. The van der Waals surface area contributed by atoms with Crippen molar-refractivity contribution >= 4 is 5.69 Å². The van der Waals surface area contributed by atoms with Crippen LogP contribution in [0.3, 0.4) is 0 Å². The van der Waals surface area contributed by atoms with Crippen molar-refractivity contribution < 1.29 is 14.2 Å². The molecule has 0 radical (unpaired) electrons. The molecule has 2 saturated heterocycles. The van der Waals surface area contributed by atoms with Crippen LogP contribution in [-0.2, 0) is 9.47 Å². The standard InChI is InChI=1S/C22H34N2O3/c1-18-22(10-6-3-7-11-22)26-17-19(27-18)16-23-12-14-24(15-13-23)20-8-4-5-9-21(20)25-2/h4-5,8-9,18-19H,3,6-7,10-17H2,1-2H3. The van der Waals surface area contributed by atoms with Gasteiger partial charge in [0.05, 0.1) is 37.2 Å². The molecular formula is C22H34N2O3. The Labute approximate surface area is 163 Å². The molecule has 0 N–H and O–H groups in total. The fourth-order valence-corrected chi connectivity index (χ4v) is 4.98. The van der Waals surface area contributed by atoms with Crippen molar-refractivity contribution in [2.75, 3.05) is 51.3 Å². The lowest BCUT2D eigenvalue weighted by atomic mass is 9.80. The van der Waals surface area contributed by atoms with Crippen LogP contribution in [0.5, 0.6) is 5.75 Å². The summed E-state index contributed by atoms with van der Waals surface area (Å²) in [5.74, 6) is 0.960. The lowest BCUT2D eigenvalue weighted by Crippen LogP contribution is -2.57. The van der Waals surface area contributed by atoms with Crippen LogP contribution in [0.4, 0.5) is 5.69 Å². The summed E-state index contributed by atoms with van der Waals surface area (Å²) >= 11 is 0. The Morgan fingerprint density at radius 1 is 1.07 bits per heavy atom. The third kappa shape index (κ3) is 4.10. The number of anilines is 1. The largest absolute Gasteiger partial charge is 0.495 e. The lowest BCUT2D eigenvalue weighted by Gasteiger charge is -2.48. The van der Waals surface area contributed by atoms with Crippen LogP contribution in [0.25, 0.3) is 0 Å². The molecule has 2 unspecified atom stereocenters. The second kappa shape index (κ2) is 8.38. The van der Waals surface area contributed by atoms with Crippen molar-refractivity contribution in [1.82, 2.24) is 4.90 Å². The highest BCUT2D eigenvalue weighted by Crippen LogP contribution is 2.39. The van der Waals surface area contributed by atoms with E-state index in [4.69, 9.17) is 14.2 Å². The molecule has 0 aromatic heterocycles. The van der Waals surface area contributed by atoms with E-state index in [-0.39, 0.29) is 17.8 Å². The predicted molar refractivity (Wildman–Crippen MR) is 108 cm³/mol. The molecule has 0 amide bonds. The summed E-state index contributed by atoms with van der Waals surface area (Å²) in [4.78, 5) is 4.94. The quantitative estimate of drug-likeness (QED) is 0.808. The molecule has 0 bridgehead atoms. The molecule has 1 aromatic rings. The molecule has 150 valence electrons. The second-order valence-corrected chi connectivity index (χ2v) is 8.30. The number of benzene rings is 1. The maximum Gasteiger partial charge on any atom is 0.142 e. The zero-order chi connectivity index (χ0) is 18.7. The van der Waals surface area contributed by atoms with Crippen molar-refractivity contribution in [3.8, 4) is 5.75 Å². The smallest absolute Gasteiger partial charge is 0.142 e. The van der Waals surface area contributed by atoms with Crippen LogP contribution in [0.15, 0.2) is 24.3 Å². The van der Waals surface area contributed by atoms with Gasteiger partial charge in [-0.3, -0.25) is 4.90 Å². The zero-order valence-corrected chi connectivity index (χ0v) is 16.9. The summed E-state index contributed by atoms with van der Waals surface area (Å²) in [5, 5.41) is 0. The first-order valence-electron chi connectivity index (χ1n) is 10.6. The Bertz CT molecular complexity index is 609. The van der Waals surface area contributed by atoms with E-state index in [1.54, 1.807) is 7.11 Å². The topological polar surface area (TPSA) is 34.2 Å². The van der Waals surface area contributed by atoms with Crippen molar-refractivity contribution in [1.29, 1.82) is 0 Å². The molecule has 1 aliphatic carbocycles. The van der Waals surface area contributed by atoms with Crippen molar-refractivity contribution in [2.45, 2.75) is 56.8 Å². The molecule has 27 heavy (non-hydrogen) atoms. The fourth-order valence-electron chi connectivity index (χ4n) is 4.98. The highest BCUT2D eigenvalue weighted by Gasteiger charge is 2.44. The molecule has 2 atom stereocenters. The first-order chi connectivity index (χ1) is 13.2. The first-order valence-corrected chi connectivity index (χ1v) is 10.6. The van der Waals surface area contributed by atoms with E-state index in [1.807, 2.05) is 12.1 Å². The highest BCUT2D eigenvalue weighted by molar-refractivity contribution is 5.58. The minimum atomic E-state index is -0.00267. The van der Waals surface area contributed by atoms with Crippen LogP contribution in [0, 0.1) is 0 Å². The van der Waals surface area contributed by atoms with Crippen LogP contribution in [0.1, 0.15) is 39.0 Å². The van der Waals surface area contributed by atoms with Gasteiger partial charge in [0.2, 0.25) is 0 Å². The molecule has 5 heteroatoms. The molecule has 3 aliphatic rings. The van der Waals surface area contributed by atoms with Gasteiger partial charge in [0.15, 0.2) is 0 Å². The van der Waals surface area contributed by atoms with Gasteiger partial charge in [0, 0.05) is 32.7 Å². The van der Waals surface area contributed by atoms with Crippen molar-refractivity contribution in [3.05, 3.63) is 24.3 Å². The molecule has 2 heterocycles. The Balaban J connectivity index is 1.27. The summed E-state index contributed by atoms with van der Waals surface area (Å²) in [6.45, 7) is 8.09. The van der Waals surface area contributed by atoms with Gasteiger partial charge in [-0.15, -0.1) is 0 Å². The molecular weight excluding hydrogens is 340 g/mol. The SMILES string of the molecule is COc1ccccc1N1CCN(CC2COC3(CCCCC3)C(C)O2)CC1. The average molecular weight is 375 g/mol. The minimum absolute atomic E-state index is 0.00267. The maximum absolute atomic E-state index is 6.43. The third-order valence-electron chi connectivity index (χ3n) is 6.65. The molecule has 4 rings (SSSR count). The minimum Gasteiger partial charge on any atom is -0.495 e. The normalized spacial score (nSPS) is 29.0. The number of hydrogen-bond acceptors (Lipinski definition) is 5. The Morgan fingerprint density at radius 2 is 1.81 bits per heavy atom. The van der Waals surface area contributed by atoms with Crippen molar-refractivity contribution in [2.24, 2.45) is 0 Å². The summed E-state index contributed by atoms with van der Waals surface area (Å²) in [7, 11) is 1.75. The first kappa shape index (κ1) is 19.0. The molecule has 2 aliphatic heterocycles. The van der Waals surface area contributed by atoms with E-state index in [2.05, 4.69) is 28.9 Å². The van der Waals surface area contributed by atoms with Gasteiger partial charge in [0.25, 0.3) is 0 Å². The molecule has 1 aromatic carbocycles. The summed E-state index contributed by atoms with van der Waals surface area (Å²) < 4.78 is 18.4. The monoisotopic (exact) mass is 374 g/mol. The van der Waals surface area contributed by atoms with Gasteiger partial charge < -0.3 is 19.1 Å². The van der Waals surface area contributed by atoms with E-state index in [9.17, 15) is 0 Å². The Kier molecular flexibility index (Phi) is 5.90. The van der Waals surface area contributed by atoms with Crippen molar-refractivity contribution in [3.63, 3.8) is 0 Å². The second-order valence-electron chi connectivity index (χ2n) is 8.30. The summed E-state index contributed by atoms with van der Waals surface area (Å²) in [5.41, 5.74) is 1.20. The van der Waals surface area contributed by atoms with E-state index >= 15 is 0 Å². The molecule has 5 nitrogen and oxygen atoms in total. The van der Waals surface area contributed by atoms with Crippen LogP contribution >= 0.6 is 0 Å². The fraction of sp³-hybridized carbons (Fsp3) is 0.727. The Morgan fingerprint density at radius 3 is 2.52 bits per heavy atom. The molecule has 1 saturated carbocycles. The van der Waals surface area contributed by atoms with Crippen LogP contribution in [0.2, 0.25) is 0 Å². The van der Waals surface area contributed by atoms with Gasteiger partial charge in [0.1, 0.15) is 5.75 Å². The zero-order valence-electron chi connectivity index (χ0n) is 16.9. The van der Waals surface area contributed by atoms with E-state index in [0.717, 1.165) is 45.1 Å². The third-order valence-corrected chi connectivity index (χ3v) is 6.65. The molecule has 3 fully saturated rings. The van der Waals surface area contributed by atoms with E-state index in [1.165, 1.54) is 37.8 Å². The number of nitrogens with zero attached hydrogens (tertiary/aromatic N) is 2. The van der Waals surface area contributed by atoms with E-state index in [0.29, 0.717) is 0 Å². The van der Waals surface area contributed by atoms with Gasteiger partial charge in [-0.25, -0.2) is 0 Å². The summed E-state index contributed by atoms with van der Waals surface area (Å²) in [6.07, 6.45) is 6.65. The molecule has 1 spiro atoms. The van der Waals surface area contributed by atoms with E-state index < -0.39 is 0 Å². The number of rotatable bonds is 4. The average Bonchev–Trinajstić information content (AvgIpc) is 2.72. The van der Waals surface area contributed by atoms with Crippen LogP contribution < -0.4 is 9.64 Å². The predicted octanol–water partition coefficient (Wildman–Crippen LogP) is 3.32. The van der Waals surface area contributed by atoms with Gasteiger partial charge in [-0.05, 0) is 31.9 Å². The number of para-hydroxylation sites is 2. The highest BCUT2D eigenvalue weighted by atomic mass is 16.6.